The number of nitrogens with zero attached hydrogens (tertiary/aromatic N) is 4. The summed E-state index contributed by atoms with van der Waals surface area (Å²) in [5, 5.41) is 2.48. The van der Waals surface area contributed by atoms with Gasteiger partial charge in [-0.15, -0.1) is 11.3 Å². The second kappa shape index (κ2) is 8.70. The molecule has 4 heterocycles. The predicted molar refractivity (Wildman–Crippen MR) is 139 cm³/mol. The normalized spacial score (nSPS) is 14.3. The summed E-state index contributed by atoms with van der Waals surface area (Å²) in [7, 11) is 3.23. The lowest BCUT2D eigenvalue weighted by Gasteiger charge is -2.38. The number of aromatic nitrogens is 4. The number of halogens is 1. The van der Waals surface area contributed by atoms with Crippen LogP contribution in [-0.4, -0.2) is 26.2 Å². The largest absolute Gasteiger partial charge is 0.328 e. The zero-order valence-corrected chi connectivity index (χ0v) is 21.5. The number of benzene rings is 1. The Labute approximate surface area is 208 Å². The molecule has 0 fully saturated rings. The number of rotatable bonds is 5. The fourth-order valence-electron chi connectivity index (χ4n) is 4.15. The van der Waals surface area contributed by atoms with Crippen molar-refractivity contribution in [1.29, 1.82) is 0 Å². The second-order valence-corrected chi connectivity index (χ2v) is 12.5. The number of hydrogen-bond donors (Lipinski definition) is 0. The zero-order valence-electron chi connectivity index (χ0n) is 19.2. The van der Waals surface area contributed by atoms with Gasteiger partial charge in [0.15, 0.2) is 0 Å². The molecule has 5 aromatic rings. The van der Waals surface area contributed by atoms with Crippen LogP contribution in [0.25, 0.3) is 21.5 Å². The molecule has 9 heteroatoms. The highest BCUT2D eigenvalue weighted by atomic mass is 35.5. The Balaban J connectivity index is 1.86. The summed E-state index contributed by atoms with van der Waals surface area (Å²) in [6, 6.07) is 15.6. The van der Waals surface area contributed by atoms with Crippen molar-refractivity contribution >= 4 is 44.3 Å². The van der Waals surface area contributed by atoms with Gasteiger partial charge in [-0.3, -0.25) is 9.36 Å². The van der Waals surface area contributed by atoms with E-state index in [4.69, 9.17) is 20.8 Å². The summed E-state index contributed by atoms with van der Waals surface area (Å²) < 4.78 is 9.96. The van der Waals surface area contributed by atoms with Crippen LogP contribution >= 0.6 is 33.2 Å². The summed E-state index contributed by atoms with van der Waals surface area (Å²) in [5.74, 6) is 0. The molecule has 0 aliphatic heterocycles. The van der Waals surface area contributed by atoms with Gasteiger partial charge < -0.3 is 8.75 Å². The van der Waals surface area contributed by atoms with Crippen LogP contribution in [0.2, 0.25) is 5.02 Å². The van der Waals surface area contributed by atoms with Gasteiger partial charge in [-0.05, 0) is 59.7 Å². The lowest BCUT2D eigenvalue weighted by atomic mass is 10.1. The van der Waals surface area contributed by atoms with Crippen molar-refractivity contribution in [2.45, 2.75) is 21.7 Å². The van der Waals surface area contributed by atoms with E-state index >= 15 is 0 Å². The molecule has 5 rings (SSSR count). The molecule has 0 bridgehead atoms. The SMILES string of the molecule is COS(c1ccc(Cl)cc1)(c1cnc2c(c1)c(-c1ccc(C)s1)cc(=O)n2C)c1cncn1C. The second-order valence-electron chi connectivity index (χ2n) is 7.93. The molecule has 0 saturated heterocycles. The van der Waals surface area contributed by atoms with Gasteiger partial charge in [-0.2, -0.15) is 0 Å². The molecule has 1 unspecified atom stereocenters. The van der Waals surface area contributed by atoms with Crippen molar-refractivity contribution in [2.24, 2.45) is 14.1 Å². The van der Waals surface area contributed by atoms with Gasteiger partial charge in [-0.25, -0.2) is 9.97 Å². The molecular formula is C25H23ClN4O2S2. The van der Waals surface area contributed by atoms with E-state index in [0.29, 0.717) is 10.7 Å². The average Bonchev–Trinajstić information content (AvgIpc) is 3.46. The molecule has 4 aromatic heterocycles. The summed E-state index contributed by atoms with van der Waals surface area (Å²) in [4.78, 5) is 26.0. The molecule has 1 atom stereocenters. The maximum absolute atomic E-state index is 12.7. The maximum Gasteiger partial charge on any atom is 0.252 e. The Morgan fingerprint density at radius 2 is 1.79 bits per heavy atom. The van der Waals surface area contributed by atoms with Crippen LogP contribution in [0, 0.1) is 6.92 Å². The van der Waals surface area contributed by atoms with Crippen molar-refractivity contribution in [3.05, 3.63) is 87.5 Å². The molecule has 0 spiro atoms. The average molecular weight is 511 g/mol. The van der Waals surface area contributed by atoms with Crippen molar-refractivity contribution in [2.75, 3.05) is 7.11 Å². The van der Waals surface area contributed by atoms with Gasteiger partial charge in [0.1, 0.15) is 10.7 Å². The van der Waals surface area contributed by atoms with Gasteiger partial charge in [-0.1, -0.05) is 11.6 Å². The summed E-state index contributed by atoms with van der Waals surface area (Å²) in [6.45, 7) is 2.06. The van der Waals surface area contributed by atoms with Crippen molar-refractivity contribution in [1.82, 2.24) is 19.1 Å². The van der Waals surface area contributed by atoms with Crippen molar-refractivity contribution in [3.63, 3.8) is 0 Å². The predicted octanol–water partition coefficient (Wildman–Crippen LogP) is 6.20. The molecule has 0 saturated carbocycles. The fourth-order valence-corrected chi connectivity index (χ4v) is 8.15. The van der Waals surface area contributed by atoms with Crippen LogP contribution in [0.4, 0.5) is 0 Å². The van der Waals surface area contributed by atoms with Gasteiger partial charge in [0, 0.05) is 69.0 Å². The van der Waals surface area contributed by atoms with Crippen molar-refractivity contribution in [3.8, 4) is 10.4 Å². The van der Waals surface area contributed by atoms with Crippen LogP contribution in [0.5, 0.6) is 0 Å². The van der Waals surface area contributed by atoms with E-state index in [0.717, 1.165) is 30.6 Å². The van der Waals surface area contributed by atoms with Gasteiger partial charge in [0.2, 0.25) is 0 Å². The highest BCUT2D eigenvalue weighted by Gasteiger charge is 2.35. The standard InChI is InChI=1S/C25H23ClN4O2S2/c1-16-5-10-22(33-16)20-12-23(31)30(3)25-21(20)11-19(13-28-25)34(32-4,24-14-27-15-29(24)2)18-8-6-17(26)7-9-18/h5-15H,1-4H3. The van der Waals surface area contributed by atoms with E-state index in [1.807, 2.05) is 48.3 Å². The minimum atomic E-state index is -2.19. The topological polar surface area (TPSA) is 61.9 Å². The number of aryl methyl sites for hydroxylation is 3. The Hall–Kier alpha value is -2.91. The number of fused-ring (bicyclic) bond motifs is 1. The Morgan fingerprint density at radius 3 is 2.41 bits per heavy atom. The molecule has 0 aliphatic carbocycles. The molecule has 174 valence electrons. The molecule has 1 aromatic carbocycles. The summed E-state index contributed by atoms with van der Waals surface area (Å²) in [6.07, 6.45) is 5.41. The number of thiophene rings is 1. The number of pyridine rings is 2. The number of imidazole rings is 1. The number of hydrogen-bond acceptors (Lipinski definition) is 5. The Kier molecular flexibility index (Phi) is 5.85. The molecule has 0 N–H and O–H groups in total. The Bertz CT molecular complexity index is 1570. The highest BCUT2D eigenvalue weighted by molar-refractivity contribution is 8.30. The molecule has 0 amide bonds. The van der Waals surface area contributed by atoms with Crippen LogP contribution < -0.4 is 5.56 Å². The highest BCUT2D eigenvalue weighted by Crippen LogP contribution is 2.68. The zero-order chi connectivity index (χ0) is 24.0. The van der Waals surface area contributed by atoms with E-state index in [2.05, 4.69) is 30.1 Å². The first-order chi connectivity index (χ1) is 16.3. The van der Waals surface area contributed by atoms with Gasteiger partial charge in [0.05, 0.1) is 12.5 Å². The van der Waals surface area contributed by atoms with Gasteiger partial charge >= 0.3 is 0 Å². The van der Waals surface area contributed by atoms with E-state index < -0.39 is 10.3 Å². The van der Waals surface area contributed by atoms with Crippen LogP contribution in [0.3, 0.4) is 0 Å². The molecule has 6 nitrogen and oxygen atoms in total. The minimum Gasteiger partial charge on any atom is -0.328 e. The smallest absolute Gasteiger partial charge is 0.252 e. The third kappa shape index (κ3) is 3.58. The van der Waals surface area contributed by atoms with Crippen LogP contribution in [-0.2, 0) is 18.3 Å². The maximum atomic E-state index is 12.7. The third-order valence-corrected chi connectivity index (χ3v) is 10.4. The van der Waals surface area contributed by atoms with Crippen molar-refractivity contribution < 1.29 is 4.18 Å². The monoisotopic (exact) mass is 510 g/mol. The van der Waals surface area contributed by atoms with E-state index in [1.165, 1.54) is 4.88 Å². The summed E-state index contributed by atoms with van der Waals surface area (Å²) in [5.41, 5.74) is 1.40. The molecular weight excluding hydrogens is 488 g/mol. The Morgan fingerprint density at radius 1 is 1.03 bits per heavy atom. The fraction of sp³-hybridized carbons (Fsp3) is 0.160. The lowest BCUT2D eigenvalue weighted by Crippen LogP contribution is -2.17. The van der Waals surface area contributed by atoms with E-state index in [-0.39, 0.29) is 5.56 Å². The van der Waals surface area contributed by atoms with E-state index in [9.17, 15) is 4.79 Å². The first-order valence-corrected chi connectivity index (χ1v) is 13.3. The van der Waals surface area contributed by atoms with E-state index in [1.54, 1.807) is 42.5 Å². The first-order valence-electron chi connectivity index (χ1n) is 10.5. The summed E-state index contributed by atoms with van der Waals surface area (Å²) >= 11 is 7.87. The van der Waals surface area contributed by atoms with Crippen LogP contribution in [0.1, 0.15) is 4.88 Å². The quantitative estimate of drug-likeness (QED) is 0.282. The van der Waals surface area contributed by atoms with Gasteiger partial charge in [0.25, 0.3) is 5.56 Å². The minimum absolute atomic E-state index is 0.0940. The lowest BCUT2D eigenvalue weighted by molar-refractivity contribution is 0.458. The first kappa shape index (κ1) is 22.9. The molecule has 0 radical (unpaired) electrons. The van der Waals surface area contributed by atoms with Crippen LogP contribution in [0.15, 0.2) is 86.9 Å². The third-order valence-electron chi connectivity index (χ3n) is 5.85. The molecule has 34 heavy (non-hydrogen) atoms. The molecule has 0 aliphatic rings.